The zero-order chi connectivity index (χ0) is 13.1. The largest absolute Gasteiger partial charge is 0.444 e. The van der Waals surface area contributed by atoms with Crippen molar-refractivity contribution < 1.29 is 9.53 Å². The van der Waals surface area contributed by atoms with Gasteiger partial charge in [-0.25, -0.2) is 4.79 Å². The van der Waals surface area contributed by atoms with Crippen molar-refractivity contribution in [3.05, 3.63) is 0 Å². The Bertz CT molecular complexity index is 299. The van der Waals surface area contributed by atoms with Gasteiger partial charge in [0.25, 0.3) is 0 Å². The molecule has 0 unspecified atom stereocenters. The molecule has 1 N–H and O–H groups in total. The summed E-state index contributed by atoms with van der Waals surface area (Å²) < 4.78 is 5.15. The molecular weight excluding hydrogens is 236 g/mol. The Kier molecular flexibility index (Phi) is 4.74. The van der Waals surface area contributed by atoms with Gasteiger partial charge in [0, 0.05) is 12.6 Å². The molecule has 98 valence electrons. The Morgan fingerprint density at radius 2 is 2.18 bits per heavy atom. The number of rotatable bonds is 2. The lowest BCUT2D eigenvalue weighted by molar-refractivity contribution is 0.0535. The van der Waals surface area contributed by atoms with Crippen molar-refractivity contribution >= 4 is 23.3 Å². The number of nitrogens with one attached hydrogen (secondary N) is 1. The van der Waals surface area contributed by atoms with E-state index in [2.05, 4.69) is 17.1 Å². The van der Waals surface area contributed by atoms with Gasteiger partial charge in [0.15, 0.2) is 0 Å². The highest BCUT2D eigenvalue weighted by molar-refractivity contribution is 7.80. The molecule has 0 spiro atoms. The maximum atomic E-state index is 11.4. The first-order chi connectivity index (χ1) is 7.79. The number of nitrogens with zero attached hydrogens (tertiary/aromatic N) is 1. The highest BCUT2D eigenvalue weighted by Crippen LogP contribution is 2.16. The lowest BCUT2D eigenvalue weighted by Crippen LogP contribution is -2.42. The van der Waals surface area contributed by atoms with Crippen LogP contribution >= 0.6 is 12.2 Å². The number of likely N-dealkylation sites (tertiary alicyclic amines) is 1. The Morgan fingerprint density at radius 3 is 2.65 bits per heavy atom. The van der Waals surface area contributed by atoms with Crippen LogP contribution in [-0.2, 0) is 4.74 Å². The fourth-order valence-electron chi connectivity index (χ4n) is 1.87. The summed E-state index contributed by atoms with van der Waals surface area (Å²) in [6.07, 6.45) is 1.94. The van der Waals surface area contributed by atoms with Gasteiger partial charge >= 0.3 is 6.09 Å². The highest BCUT2D eigenvalue weighted by Gasteiger charge is 2.23. The molecule has 17 heavy (non-hydrogen) atoms. The molecule has 1 atom stereocenters. The molecule has 0 saturated carbocycles. The first-order valence-electron chi connectivity index (χ1n) is 6.06. The van der Waals surface area contributed by atoms with Crippen molar-refractivity contribution in [2.24, 2.45) is 0 Å². The topological polar surface area (TPSA) is 41.6 Å². The maximum absolute atomic E-state index is 11.4. The van der Waals surface area contributed by atoms with E-state index in [1.54, 1.807) is 0 Å². The third-order valence-corrected chi connectivity index (χ3v) is 3.04. The molecule has 0 bridgehead atoms. The summed E-state index contributed by atoms with van der Waals surface area (Å²) in [6.45, 7) is 9.06. The second kappa shape index (κ2) is 5.67. The standard InChI is InChI=1S/C12H22N2O2S/c1-9-6-5-7-14(9)10(17)8-13-11(15)16-12(2,3)4/h9H,5-8H2,1-4H3,(H,13,15)/t9-/m1/s1. The quantitative estimate of drug-likeness (QED) is 0.772. The van der Waals surface area contributed by atoms with Crippen LogP contribution in [0.4, 0.5) is 4.79 Å². The van der Waals surface area contributed by atoms with Crippen LogP contribution in [0.15, 0.2) is 0 Å². The number of thiocarbonyl (C=S) groups is 1. The first-order valence-corrected chi connectivity index (χ1v) is 6.47. The van der Waals surface area contributed by atoms with E-state index in [0.717, 1.165) is 11.5 Å². The summed E-state index contributed by atoms with van der Waals surface area (Å²) in [4.78, 5) is 14.4. The van der Waals surface area contributed by atoms with E-state index >= 15 is 0 Å². The van der Waals surface area contributed by atoms with E-state index in [4.69, 9.17) is 17.0 Å². The molecule has 0 aromatic carbocycles. The minimum Gasteiger partial charge on any atom is -0.444 e. The van der Waals surface area contributed by atoms with Crippen molar-refractivity contribution in [3.8, 4) is 0 Å². The average Bonchev–Trinajstić information content (AvgIpc) is 2.58. The van der Waals surface area contributed by atoms with Crippen LogP contribution in [0.3, 0.4) is 0 Å². The van der Waals surface area contributed by atoms with Gasteiger partial charge < -0.3 is 15.0 Å². The lowest BCUT2D eigenvalue weighted by atomic mass is 10.2. The Hall–Kier alpha value is -0.840. The van der Waals surface area contributed by atoms with Crippen LogP contribution in [0.2, 0.25) is 0 Å². The third kappa shape index (κ3) is 4.89. The summed E-state index contributed by atoms with van der Waals surface area (Å²) in [7, 11) is 0. The van der Waals surface area contributed by atoms with Crippen molar-refractivity contribution in [1.29, 1.82) is 0 Å². The lowest BCUT2D eigenvalue weighted by Gasteiger charge is -2.25. The van der Waals surface area contributed by atoms with Gasteiger partial charge in [-0.2, -0.15) is 0 Å². The SMILES string of the molecule is C[C@@H]1CCCN1C(=S)CNC(=O)OC(C)(C)C. The monoisotopic (exact) mass is 258 g/mol. The molecule has 1 aliphatic rings. The summed E-state index contributed by atoms with van der Waals surface area (Å²) >= 11 is 5.31. The fraction of sp³-hybridized carbons (Fsp3) is 0.833. The molecule has 5 heteroatoms. The first kappa shape index (κ1) is 14.2. The predicted octanol–water partition coefficient (Wildman–Crippen LogP) is 2.32. The van der Waals surface area contributed by atoms with Crippen LogP contribution in [-0.4, -0.2) is 40.7 Å². The summed E-state index contributed by atoms with van der Waals surface area (Å²) in [6, 6.07) is 0.489. The van der Waals surface area contributed by atoms with Crippen molar-refractivity contribution in [2.45, 2.75) is 52.2 Å². The third-order valence-electron chi connectivity index (χ3n) is 2.66. The van der Waals surface area contributed by atoms with E-state index in [1.807, 2.05) is 20.8 Å². The highest BCUT2D eigenvalue weighted by atomic mass is 32.1. The van der Waals surface area contributed by atoms with Crippen molar-refractivity contribution in [1.82, 2.24) is 10.2 Å². The summed E-state index contributed by atoms with van der Waals surface area (Å²) in [5.41, 5.74) is -0.466. The Morgan fingerprint density at radius 1 is 1.53 bits per heavy atom. The average molecular weight is 258 g/mol. The van der Waals surface area contributed by atoms with Crippen molar-refractivity contribution in [2.75, 3.05) is 13.1 Å². The van der Waals surface area contributed by atoms with Gasteiger partial charge in [-0.3, -0.25) is 0 Å². The molecule has 1 fully saturated rings. The smallest absolute Gasteiger partial charge is 0.408 e. The predicted molar refractivity (Wildman–Crippen MR) is 72.2 cm³/mol. The summed E-state index contributed by atoms with van der Waals surface area (Å²) in [5, 5.41) is 2.69. The molecule has 1 aliphatic heterocycles. The molecule has 1 rings (SSSR count). The van der Waals surface area contributed by atoms with Crippen molar-refractivity contribution in [3.63, 3.8) is 0 Å². The molecule has 0 radical (unpaired) electrons. The second-order valence-electron chi connectivity index (χ2n) is 5.43. The number of ether oxygens (including phenoxy) is 1. The Balaban J connectivity index is 2.31. The van der Waals surface area contributed by atoms with Gasteiger partial charge in [-0.05, 0) is 40.5 Å². The van der Waals surface area contributed by atoms with E-state index in [1.165, 1.54) is 12.8 Å². The minimum absolute atomic E-state index is 0.384. The number of amides is 1. The van der Waals surface area contributed by atoms with Crippen LogP contribution in [0.25, 0.3) is 0 Å². The molecule has 1 heterocycles. The number of hydrogen-bond acceptors (Lipinski definition) is 3. The number of hydrogen-bond donors (Lipinski definition) is 1. The number of alkyl carbamates (subject to hydrolysis) is 1. The zero-order valence-electron chi connectivity index (χ0n) is 11.1. The fourth-order valence-corrected chi connectivity index (χ4v) is 2.21. The van der Waals surface area contributed by atoms with E-state index in [-0.39, 0.29) is 0 Å². The molecule has 1 saturated heterocycles. The Labute approximate surface area is 109 Å². The minimum atomic E-state index is -0.466. The van der Waals surface area contributed by atoms with Crippen LogP contribution in [0.5, 0.6) is 0 Å². The van der Waals surface area contributed by atoms with E-state index in [9.17, 15) is 4.79 Å². The molecular formula is C12H22N2O2S. The molecule has 4 nitrogen and oxygen atoms in total. The molecule has 0 aliphatic carbocycles. The van der Waals surface area contributed by atoms with E-state index < -0.39 is 11.7 Å². The van der Waals surface area contributed by atoms with Gasteiger partial charge in [0.1, 0.15) is 5.60 Å². The number of carbonyl (C=O) groups is 1. The molecule has 1 amide bonds. The van der Waals surface area contributed by atoms with Gasteiger partial charge in [-0.1, -0.05) is 12.2 Å². The maximum Gasteiger partial charge on any atom is 0.408 e. The van der Waals surface area contributed by atoms with Crippen LogP contribution in [0, 0.1) is 0 Å². The second-order valence-corrected chi connectivity index (χ2v) is 5.91. The molecule has 0 aromatic heterocycles. The zero-order valence-corrected chi connectivity index (χ0v) is 11.9. The van der Waals surface area contributed by atoms with Crippen LogP contribution < -0.4 is 5.32 Å². The molecule has 0 aromatic rings. The van der Waals surface area contributed by atoms with Crippen LogP contribution in [0.1, 0.15) is 40.5 Å². The van der Waals surface area contributed by atoms with E-state index in [0.29, 0.717) is 12.6 Å². The normalized spacial score (nSPS) is 20.2. The van der Waals surface area contributed by atoms with Gasteiger partial charge in [0.05, 0.1) is 11.5 Å². The summed E-state index contributed by atoms with van der Waals surface area (Å²) in [5.74, 6) is 0. The van der Waals surface area contributed by atoms with Gasteiger partial charge in [0.2, 0.25) is 0 Å². The number of carbonyl (C=O) groups excluding carboxylic acids is 1. The van der Waals surface area contributed by atoms with Gasteiger partial charge in [-0.15, -0.1) is 0 Å².